The van der Waals surface area contributed by atoms with Crippen LogP contribution < -0.4 is 14.4 Å². The number of anilines is 1. The zero-order valence-electron chi connectivity index (χ0n) is 17.3. The summed E-state index contributed by atoms with van der Waals surface area (Å²) in [7, 11) is 0. The number of nitro groups is 1. The standard InChI is InChI=1S/C23H22N4O5/c28-23(17-31-18-6-5-7-19(16-18)32-22-10-3-4-11-24-22)26-14-12-25(13-15-26)20-8-1-2-9-21(20)27(29)30/h1-11,16H,12-15,17H2. The molecule has 1 fully saturated rings. The Morgan fingerprint density at radius 2 is 1.72 bits per heavy atom. The molecule has 0 atom stereocenters. The van der Waals surface area contributed by atoms with Gasteiger partial charge in [0.25, 0.3) is 11.6 Å². The second-order valence-corrected chi connectivity index (χ2v) is 7.15. The van der Waals surface area contributed by atoms with Crippen LogP contribution in [0.3, 0.4) is 0 Å². The molecule has 0 saturated carbocycles. The molecule has 1 amide bonds. The largest absolute Gasteiger partial charge is 0.484 e. The minimum absolute atomic E-state index is 0.0726. The Labute approximate surface area is 185 Å². The lowest BCUT2D eigenvalue weighted by Crippen LogP contribution is -2.50. The second kappa shape index (κ2) is 9.78. The number of amides is 1. The monoisotopic (exact) mass is 434 g/mol. The van der Waals surface area contributed by atoms with Gasteiger partial charge in [-0.1, -0.05) is 24.3 Å². The third kappa shape index (κ3) is 5.12. The maximum absolute atomic E-state index is 12.6. The lowest BCUT2D eigenvalue weighted by molar-refractivity contribution is -0.384. The van der Waals surface area contributed by atoms with Crippen molar-refractivity contribution in [1.29, 1.82) is 0 Å². The Morgan fingerprint density at radius 1 is 0.969 bits per heavy atom. The summed E-state index contributed by atoms with van der Waals surface area (Å²) in [5.74, 6) is 1.41. The number of hydrogen-bond acceptors (Lipinski definition) is 7. The highest BCUT2D eigenvalue weighted by Crippen LogP contribution is 2.28. The molecular formula is C23H22N4O5. The first-order chi connectivity index (χ1) is 15.6. The number of para-hydroxylation sites is 2. The summed E-state index contributed by atoms with van der Waals surface area (Å²) in [4.78, 5) is 31.2. The molecule has 2 heterocycles. The molecule has 0 radical (unpaired) electrons. The Kier molecular flexibility index (Phi) is 6.45. The maximum Gasteiger partial charge on any atom is 0.292 e. The van der Waals surface area contributed by atoms with E-state index in [2.05, 4.69) is 4.98 Å². The van der Waals surface area contributed by atoms with Gasteiger partial charge in [-0.15, -0.1) is 0 Å². The van der Waals surface area contributed by atoms with Crippen molar-refractivity contribution in [1.82, 2.24) is 9.88 Å². The van der Waals surface area contributed by atoms with E-state index in [1.807, 2.05) is 11.0 Å². The summed E-state index contributed by atoms with van der Waals surface area (Å²) in [5, 5.41) is 11.3. The van der Waals surface area contributed by atoms with Gasteiger partial charge in [-0.2, -0.15) is 0 Å². The smallest absolute Gasteiger partial charge is 0.292 e. The fourth-order valence-electron chi connectivity index (χ4n) is 3.47. The van der Waals surface area contributed by atoms with E-state index in [4.69, 9.17) is 9.47 Å². The molecule has 9 heteroatoms. The first kappa shape index (κ1) is 21.1. The zero-order valence-corrected chi connectivity index (χ0v) is 17.3. The van der Waals surface area contributed by atoms with E-state index in [1.165, 1.54) is 6.07 Å². The van der Waals surface area contributed by atoms with Crippen LogP contribution in [0.4, 0.5) is 11.4 Å². The van der Waals surface area contributed by atoms with Crippen LogP contribution in [0.25, 0.3) is 0 Å². The average Bonchev–Trinajstić information content (AvgIpc) is 2.83. The first-order valence-corrected chi connectivity index (χ1v) is 10.2. The number of pyridine rings is 1. The van der Waals surface area contributed by atoms with Crippen LogP contribution in [-0.2, 0) is 4.79 Å². The molecule has 0 N–H and O–H groups in total. The number of nitro benzene ring substituents is 1. The molecule has 1 saturated heterocycles. The number of piperazine rings is 1. The summed E-state index contributed by atoms with van der Waals surface area (Å²) in [6.45, 7) is 1.88. The number of ether oxygens (including phenoxy) is 2. The summed E-state index contributed by atoms with van der Waals surface area (Å²) in [5.41, 5.74) is 0.647. The van der Waals surface area contributed by atoms with Crippen LogP contribution in [0.2, 0.25) is 0 Å². The van der Waals surface area contributed by atoms with Crippen LogP contribution in [0.5, 0.6) is 17.4 Å². The molecule has 0 aliphatic carbocycles. The van der Waals surface area contributed by atoms with Crippen molar-refractivity contribution in [3.63, 3.8) is 0 Å². The number of hydrogen-bond donors (Lipinski definition) is 0. The number of rotatable bonds is 7. The van der Waals surface area contributed by atoms with Crippen LogP contribution in [-0.4, -0.2) is 53.5 Å². The number of benzene rings is 2. The van der Waals surface area contributed by atoms with Crippen molar-refractivity contribution < 1.29 is 19.2 Å². The Morgan fingerprint density at radius 3 is 2.47 bits per heavy atom. The molecule has 2 aromatic carbocycles. The molecule has 164 valence electrons. The Hall–Kier alpha value is -4.14. The molecular weight excluding hydrogens is 412 g/mol. The van der Waals surface area contributed by atoms with Crippen molar-refractivity contribution in [2.24, 2.45) is 0 Å². The molecule has 0 unspecified atom stereocenters. The molecule has 9 nitrogen and oxygen atoms in total. The van der Waals surface area contributed by atoms with Gasteiger partial charge in [0.1, 0.15) is 17.2 Å². The lowest BCUT2D eigenvalue weighted by atomic mass is 10.2. The van der Waals surface area contributed by atoms with Gasteiger partial charge in [0.2, 0.25) is 5.88 Å². The quantitative estimate of drug-likeness (QED) is 0.415. The van der Waals surface area contributed by atoms with Gasteiger partial charge in [0.15, 0.2) is 6.61 Å². The van der Waals surface area contributed by atoms with E-state index in [9.17, 15) is 14.9 Å². The normalized spacial score (nSPS) is 13.5. The van der Waals surface area contributed by atoms with Crippen LogP contribution in [0.1, 0.15) is 0 Å². The highest BCUT2D eigenvalue weighted by atomic mass is 16.6. The SMILES string of the molecule is O=C(COc1cccc(Oc2ccccn2)c1)N1CCN(c2ccccc2[N+](=O)[O-])CC1. The lowest BCUT2D eigenvalue weighted by Gasteiger charge is -2.35. The van der Waals surface area contributed by atoms with E-state index in [1.54, 1.807) is 65.7 Å². The number of carbonyl (C=O) groups excluding carboxylic acids is 1. The van der Waals surface area contributed by atoms with E-state index >= 15 is 0 Å². The van der Waals surface area contributed by atoms with Crippen LogP contribution >= 0.6 is 0 Å². The van der Waals surface area contributed by atoms with E-state index in [0.29, 0.717) is 49.2 Å². The van der Waals surface area contributed by atoms with Crippen molar-refractivity contribution in [3.8, 4) is 17.4 Å². The molecule has 0 bridgehead atoms. The number of aromatic nitrogens is 1. The fraction of sp³-hybridized carbons (Fsp3) is 0.217. The topological polar surface area (TPSA) is 98.0 Å². The van der Waals surface area contributed by atoms with Crippen molar-refractivity contribution in [2.45, 2.75) is 0 Å². The van der Waals surface area contributed by atoms with E-state index in [0.717, 1.165) is 0 Å². The minimum Gasteiger partial charge on any atom is -0.484 e. The molecule has 3 aromatic rings. The molecule has 1 aliphatic rings. The molecule has 4 rings (SSSR count). The first-order valence-electron chi connectivity index (χ1n) is 10.2. The predicted octanol–water partition coefficient (Wildman–Crippen LogP) is 3.51. The van der Waals surface area contributed by atoms with Gasteiger partial charge in [-0.25, -0.2) is 4.98 Å². The Balaban J connectivity index is 1.30. The molecule has 32 heavy (non-hydrogen) atoms. The molecule has 1 aromatic heterocycles. The van der Waals surface area contributed by atoms with Gasteiger partial charge in [-0.05, 0) is 24.3 Å². The van der Waals surface area contributed by atoms with E-state index in [-0.39, 0.29) is 23.1 Å². The third-order valence-electron chi connectivity index (χ3n) is 5.08. The maximum atomic E-state index is 12.6. The van der Waals surface area contributed by atoms with Crippen LogP contribution in [0, 0.1) is 10.1 Å². The molecule has 0 spiro atoms. The van der Waals surface area contributed by atoms with Gasteiger partial charge < -0.3 is 19.3 Å². The highest BCUT2D eigenvalue weighted by molar-refractivity contribution is 5.78. The van der Waals surface area contributed by atoms with Crippen molar-refractivity contribution >= 4 is 17.3 Å². The third-order valence-corrected chi connectivity index (χ3v) is 5.08. The van der Waals surface area contributed by atoms with Crippen LogP contribution in [0.15, 0.2) is 72.9 Å². The predicted molar refractivity (Wildman–Crippen MR) is 118 cm³/mol. The van der Waals surface area contributed by atoms with Gasteiger partial charge >= 0.3 is 0 Å². The second-order valence-electron chi connectivity index (χ2n) is 7.15. The van der Waals surface area contributed by atoms with E-state index < -0.39 is 0 Å². The Bertz CT molecular complexity index is 1080. The number of nitrogens with zero attached hydrogens (tertiary/aromatic N) is 4. The number of carbonyl (C=O) groups is 1. The zero-order chi connectivity index (χ0) is 22.3. The van der Waals surface area contributed by atoms with Crippen molar-refractivity contribution in [2.75, 3.05) is 37.7 Å². The summed E-state index contributed by atoms with van der Waals surface area (Å²) in [6, 6.07) is 19.1. The fourth-order valence-corrected chi connectivity index (χ4v) is 3.47. The highest BCUT2D eigenvalue weighted by Gasteiger charge is 2.25. The van der Waals surface area contributed by atoms with Gasteiger partial charge in [0.05, 0.1) is 4.92 Å². The average molecular weight is 434 g/mol. The summed E-state index contributed by atoms with van der Waals surface area (Å²) in [6.07, 6.45) is 1.64. The minimum atomic E-state index is -0.383. The van der Waals surface area contributed by atoms with Gasteiger partial charge in [0, 0.05) is 50.6 Å². The molecule has 1 aliphatic heterocycles. The summed E-state index contributed by atoms with van der Waals surface area (Å²) >= 11 is 0. The van der Waals surface area contributed by atoms with Crippen molar-refractivity contribution in [3.05, 3.63) is 83.0 Å². The van der Waals surface area contributed by atoms with Gasteiger partial charge in [-0.3, -0.25) is 14.9 Å². The summed E-state index contributed by atoms with van der Waals surface area (Å²) < 4.78 is 11.3.